The third-order valence-corrected chi connectivity index (χ3v) is 11.3. The van der Waals surface area contributed by atoms with E-state index >= 15 is 0 Å². The first-order valence-electron chi connectivity index (χ1n) is 19.0. The maximum atomic E-state index is 2.57. The molecular weight excluding hydrogens is 653 g/mol. The molecule has 258 valence electrons. The van der Waals surface area contributed by atoms with E-state index in [9.17, 15) is 0 Å². The molecule has 2 nitrogen and oxygen atoms in total. The van der Waals surface area contributed by atoms with E-state index in [-0.39, 0.29) is 0 Å². The molecule has 1 atom stereocenters. The molecule has 0 N–H and O–H groups in total. The van der Waals surface area contributed by atoms with Crippen LogP contribution in [0.5, 0.6) is 0 Å². The van der Waals surface area contributed by atoms with Gasteiger partial charge in [0, 0.05) is 34.5 Å². The maximum Gasteiger partial charge on any atom is 0.0462 e. The molecule has 0 aromatic heterocycles. The minimum Gasteiger partial charge on any atom is -0.337 e. The fourth-order valence-electron chi connectivity index (χ4n) is 8.53. The van der Waals surface area contributed by atoms with Gasteiger partial charge >= 0.3 is 0 Å². The molecule has 2 heteroatoms. The van der Waals surface area contributed by atoms with Crippen LogP contribution >= 0.6 is 0 Å². The Labute approximate surface area is 318 Å². The lowest BCUT2D eigenvalue weighted by molar-refractivity contribution is 0.725. The zero-order valence-electron chi connectivity index (χ0n) is 30.4. The molecule has 2 aliphatic rings. The summed E-state index contributed by atoms with van der Waals surface area (Å²) in [5.74, 6) is 0. The minimum absolute atomic E-state index is 0.538. The van der Waals surface area contributed by atoms with Gasteiger partial charge in [-0.05, 0) is 130 Å². The van der Waals surface area contributed by atoms with E-state index in [1.54, 1.807) is 0 Å². The van der Waals surface area contributed by atoms with Gasteiger partial charge in [-0.15, -0.1) is 0 Å². The van der Waals surface area contributed by atoms with Gasteiger partial charge in [-0.2, -0.15) is 0 Å². The van der Waals surface area contributed by atoms with Crippen molar-refractivity contribution in [2.75, 3.05) is 9.80 Å². The molecule has 8 aromatic carbocycles. The Morgan fingerprint density at radius 2 is 0.722 bits per heavy atom. The Morgan fingerprint density at radius 3 is 1.19 bits per heavy atom. The highest BCUT2D eigenvalue weighted by Gasteiger charge is 2.37. The number of nitrogens with zero attached hydrogens (tertiary/aromatic N) is 2. The fourth-order valence-corrected chi connectivity index (χ4v) is 8.53. The summed E-state index contributed by atoms with van der Waals surface area (Å²) in [4.78, 5) is 4.91. The van der Waals surface area contributed by atoms with Gasteiger partial charge < -0.3 is 9.80 Å². The van der Waals surface area contributed by atoms with Crippen molar-refractivity contribution in [3.63, 3.8) is 0 Å². The lowest BCUT2D eigenvalue weighted by atomic mass is 9.97. The van der Waals surface area contributed by atoms with Gasteiger partial charge in [-0.3, -0.25) is 0 Å². The van der Waals surface area contributed by atoms with Crippen molar-refractivity contribution in [1.82, 2.24) is 0 Å². The largest absolute Gasteiger partial charge is 0.337 e. The van der Waals surface area contributed by atoms with Crippen LogP contribution in [0.25, 0.3) is 44.5 Å². The highest BCUT2D eigenvalue weighted by molar-refractivity contribution is 5.83. The maximum absolute atomic E-state index is 2.57. The highest BCUT2D eigenvalue weighted by Crippen LogP contribution is 2.47. The van der Waals surface area contributed by atoms with Gasteiger partial charge in [0.15, 0.2) is 0 Å². The summed E-state index contributed by atoms with van der Waals surface area (Å²) in [5.41, 5.74) is 20.2. The summed E-state index contributed by atoms with van der Waals surface area (Å²) in [6.45, 7) is 2.19. The van der Waals surface area contributed by atoms with Crippen molar-refractivity contribution >= 4 is 28.4 Å². The number of benzene rings is 8. The molecular formula is C52H40N2. The van der Waals surface area contributed by atoms with E-state index < -0.39 is 0 Å². The lowest BCUT2D eigenvalue weighted by Crippen LogP contribution is -2.22. The number of hydrogen-bond donors (Lipinski definition) is 0. The van der Waals surface area contributed by atoms with Gasteiger partial charge in [0.05, 0.1) is 0 Å². The quantitative estimate of drug-likeness (QED) is 0.164. The second-order valence-electron chi connectivity index (χ2n) is 14.7. The van der Waals surface area contributed by atoms with Crippen molar-refractivity contribution in [1.29, 1.82) is 0 Å². The Kier molecular flexibility index (Phi) is 7.95. The van der Waals surface area contributed by atoms with E-state index in [1.165, 1.54) is 72.6 Å². The first-order chi connectivity index (χ1) is 26.6. The molecule has 0 saturated heterocycles. The Morgan fingerprint density at radius 1 is 0.370 bits per heavy atom. The molecule has 0 spiro atoms. The molecule has 0 bridgehead atoms. The average Bonchev–Trinajstić information content (AvgIpc) is 3.77. The summed E-state index contributed by atoms with van der Waals surface area (Å²) >= 11 is 0. The monoisotopic (exact) mass is 692 g/mol. The summed E-state index contributed by atoms with van der Waals surface area (Å²) in [6, 6.07) is 71.4. The molecule has 0 aliphatic carbocycles. The average molecular weight is 693 g/mol. The van der Waals surface area contributed by atoms with Crippen LogP contribution in [0.3, 0.4) is 0 Å². The summed E-state index contributed by atoms with van der Waals surface area (Å²) in [7, 11) is 0. The third kappa shape index (κ3) is 5.87. The zero-order valence-corrected chi connectivity index (χ0v) is 30.4. The number of anilines is 5. The van der Waals surface area contributed by atoms with E-state index in [1.807, 2.05) is 0 Å². The first-order valence-corrected chi connectivity index (χ1v) is 19.0. The van der Waals surface area contributed by atoms with Crippen molar-refractivity contribution in [3.8, 4) is 44.5 Å². The van der Waals surface area contributed by atoms with Crippen LogP contribution in [-0.2, 0) is 12.8 Å². The molecule has 1 unspecified atom stereocenters. The molecule has 0 fully saturated rings. The normalized spacial score (nSPS) is 14.0. The second-order valence-corrected chi connectivity index (χ2v) is 14.7. The van der Waals surface area contributed by atoms with Gasteiger partial charge in [0.2, 0.25) is 0 Å². The molecule has 54 heavy (non-hydrogen) atoms. The van der Waals surface area contributed by atoms with Crippen LogP contribution in [0.1, 0.15) is 16.7 Å². The Balaban J connectivity index is 0.920. The smallest absolute Gasteiger partial charge is 0.0462 e. The van der Waals surface area contributed by atoms with Gasteiger partial charge in [0.1, 0.15) is 0 Å². The van der Waals surface area contributed by atoms with E-state index in [2.05, 4.69) is 211 Å². The topological polar surface area (TPSA) is 6.48 Å². The molecule has 2 heterocycles. The lowest BCUT2D eigenvalue weighted by Gasteiger charge is -2.26. The van der Waals surface area contributed by atoms with Gasteiger partial charge in [-0.1, -0.05) is 145 Å². The van der Waals surface area contributed by atoms with Crippen LogP contribution in [0.4, 0.5) is 28.4 Å². The molecule has 0 saturated carbocycles. The van der Waals surface area contributed by atoms with Crippen LogP contribution in [0.15, 0.2) is 194 Å². The van der Waals surface area contributed by atoms with Crippen molar-refractivity contribution < 1.29 is 0 Å². The first kappa shape index (κ1) is 32.0. The number of rotatable bonds is 7. The minimum atomic E-state index is 0.538. The van der Waals surface area contributed by atoms with Crippen LogP contribution in [0.2, 0.25) is 0 Å². The zero-order chi connectivity index (χ0) is 36.0. The molecule has 0 radical (unpaired) electrons. The number of aryl methyl sites for hydroxylation is 1. The molecule has 2 aliphatic heterocycles. The molecule has 0 amide bonds. The van der Waals surface area contributed by atoms with Crippen LogP contribution in [0, 0.1) is 6.92 Å². The van der Waals surface area contributed by atoms with E-state index in [4.69, 9.17) is 0 Å². The van der Waals surface area contributed by atoms with E-state index in [0.29, 0.717) is 6.04 Å². The van der Waals surface area contributed by atoms with Gasteiger partial charge in [-0.25, -0.2) is 0 Å². The van der Waals surface area contributed by atoms with E-state index in [0.717, 1.165) is 29.9 Å². The van der Waals surface area contributed by atoms with Gasteiger partial charge in [0.25, 0.3) is 0 Å². The third-order valence-electron chi connectivity index (χ3n) is 11.3. The highest BCUT2D eigenvalue weighted by atomic mass is 15.2. The summed E-state index contributed by atoms with van der Waals surface area (Å²) < 4.78 is 0. The Hall–Kier alpha value is -6.64. The van der Waals surface area contributed by atoms with Crippen molar-refractivity contribution in [2.45, 2.75) is 25.8 Å². The number of fused-ring (bicyclic) bond motifs is 5. The Bertz CT molecular complexity index is 2490. The summed E-state index contributed by atoms with van der Waals surface area (Å²) in [6.07, 6.45) is 2.24. The molecule has 8 aromatic rings. The predicted octanol–water partition coefficient (Wildman–Crippen LogP) is 13.8. The SMILES string of the molecule is Cc1ccc2c(c1)CC1Cc3cc(-c4ccc(-c5ccc(N(c6ccc(-c7ccccc7)cc6)c6ccc(-c7ccccc7)cc6)cc5)cc4)ccc3N21. The summed E-state index contributed by atoms with van der Waals surface area (Å²) in [5, 5.41) is 0. The predicted molar refractivity (Wildman–Crippen MR) is 227 cm³/mol. The number of hydrogen-bond acceptors (Lipinski definition) is 2. The fraction of sp³-hybridized carbons (Fsp3) is 0.0769. The standard InChI is InChI=1S/C52H40N2/c1-36-12-30-51-45(32-36)34-50-35-46-33-44(23-31-52(46)54(50)51)43-15-13-39(14-16-43)42-21-28-49(29-22-42)53(47-24-17-40(18-25-47)37-8-4-2-5-9-37)48-26-19-41(20-27-48)38-10-6-3-7-11-38/h2-33,50H,34-35H2,1H3. The van der Waals surface area contributed by atoms with Crippen molar-refractivity contribution in [2.24, 2.45) is 0 Å². The van der Waals surface area contributed by atoms with Crippen LogP contribution < -0.4 is 9.80 Å². The van der Waals surface area contributed by atoms with Crippen LogP contribution in [-0.4, -0.2) is 6.04 Å². The second kappa shape index (κ2) is 13.4. The van der Waals surface area contributed by atoms with Crippen molar-refractivity contribution in [3.05, 3.63) is 211 Å². The molecule has 10 rings (SSSR count).